The number of fused-ring (bicyclic) bond motifs is 2. The second-order valence-corrected chi connectivity index (χ2v) is 11.8. The zero-order valence-corrected chi connectivity index (χ0v) is 23.0. The predicted molar refractivity (Wildman–Crippen MR) is 136 cm³/mol. The van der Waals surface area contributed by atoms with Gasteiger partial charge >= 0.3 is 18.3 Å². The number of halogens is 1. The Morgan fingerprint density at radius 3 is 2.37 bits per heavy atom. The quantitative estimate of drug-likeness (QED) is 0.401. The molecule has 1 aromatic rings. The summed E-state index contributed by atoms with van der Waals surface area (Å²) in [6.45, 7) is 8.53. The number of ether oxygens (including phenoxy) is 3. The van der Waals surface area contributed by atoms with Gasteiger partial charge in [0.1, 0.15) is 16.9 Å². The van der Waals surface area contributed by atoms with Gasteiger partial charge in [-0.15, -0.1) is 0 Å². The van der Waals surface area contributed by atoms with Gasteiger partial charge in [-0.2, -0.15) is 0 Å². The van der Waals surface area contributed by atoms with Crippen LogP contribution in [0.15, 0.2) is 12.1 Å². The van der Waals surface area contributed by atoms with Crippen LogP contribution in [0.25, 0.3) is 0 Å². The number of nitrogens with zero attached hydrogens (tertiary/aromatic N) is 2. The Hall–Kier alpha value is -3.05. The van der Waals surface area contributed by atoms with Crippen LogP contribution in [0.3, 0.4) is 0 Å². The Bertz CT molecular complexity index is 1160. The van der Waals surface area contributed by atoms with Crippen molar-refractivity contribution < 1.29 is 38.5 Å². The Morgan fingerprint density at radius 2 is 1.79 bits per heavy atom. The lowest BCUT2D eigenvalue weighted by molar-refractivity contribution is -0.129. The maximum Gasteiger partial charge on any atom is 0.508 e. The van der Waals surface area contributed by atoms with Crippen LogP contribution in [0.2, 0.25) is 5.02 Å². The van der Waals surface area contributed by atoms with E-state index in [1.54, 1.807) is 20.8 Å². The summed E-state index contributed by atoms with van der Waals surface area (Å²) in [5, 5.41) is 12.4. The molecule has 1 aromatic carbocycles. The van der Waals surface area contributed by atoms with Crippen LogP contribution in [-0.2, 0) is 26.4 Å². The highest BCUT2D eigenvalue weighted by Crippen LogP contribution is 2.54. The van der Waals surface area contributed by atoms with Crippen LogP contribution in [0.1, 0.15) is 64.5 Å². The van der Waals surface area contributed by atoms with Crippen LogP contribution in [-0.4, -0.2) is 70.5 Å². The number of benzene rings is 1. The Morgan fingerprint density at radius 1 is 1.16 bits per heavy atom. The molecule has 208 valence electrons. The number of carbonyl (C=O) groups is 4. The molecule has 1 atom stereocenters. The van der Waals surface area contributed by atoms with E-state index in [2.05, 4.69) is 10.2 Å². The molecule has 1 saturated heterocycles. The van der Waals surface area contributed by atoms with Gasteiger partial charge < -0.3 is 19.3 Å². The van der Waals surface area contributed by atoms with Crippen molar-refractivity contribution in [3.63, 3.8) is 0 Å². The fraction of sp³-hybridized carbons (Fsp3) is 0.615. The zero-order chi connectivity index (χ0) is 28.0. The highest BCUT2D eigenvalue weighted by atomic mass is 35.5. The van der Waals surface area contributed by atoms with Crippen molar-refractivity contribution in [3.05, 3.63) is 28.3 Å². The molecule has 2 spiro atoms. The molecular formula is C26H34ClN3O8. The minimum Gasteiger partial charge on any atom is -0.495 e. The molecule has 0 bridgehead atoms. The number of rotatable bonds is 5. The second kappa shape index (κ2) is 9.92. The van der Waals surface area contributed by atoms with E-state index in [9.17, 15) is 24.3 Å². The van der Waals surface area contributed by atoms with Crippen LogP contribution in [0.4, 0.5) is 14.4 Å². The average molecular weight is 552 g/mol. The molecule has 38 heavy (non-hydrogen) atoms. The predicted octanol–water partition coefficient (Wildman–Crippen LogP) is 4.49. The number of imide groups is 2. The molecule has 2 fully saturated rings. The summed E-state index contributed by atoms with van der Waals surface area (Å²) in [7, 11) is 1.54. The Balaban J connectivity index is 1.59. The fourth-order valence-electron chi connectivity index (χ4n) is 5.95. The van der Waals surface area contributed by atoms with Crippen molar-refractivity contribution in [2.75, 3.05) is 20.3 Å². The summed E-state index contributed by atoms with van der Waals surface area (Å²) in [6.07, 6.45) is -0.995. The van der Waals surface area contributed by atoms with Crippen molar-refractivity contribution in [2.45, 2.75) is 76.6 Å². The first-order valence-electron chi connectivity index (χ1n) is 12.6. The number of amides is 4. The molecule has 2 N–H and O–H groups in total. The van der Waals surface area contributed by atoms with Crippen molar-refractivity contribution in [3.8, 4) is 5.75 Å². The summed E-state index contributed by atoms with van der Waals surface area (Å²) in [5.41, 5.74) is -0.636. The molecule has 0 unspecified atom stereocenters. The molecule has 3 aliphatic rings. The normalized spacial score (nSPS) is 25.9. The average Bonchev–Trinajstić information content (AvgIpc) is 3.22. The summed E-state index contributed by atoms with van der Waals surface area (Å²) in [6, 6.07) is 2.87. The molecule has 2 heterocycles. The van der Waals surface area contributed by atoms with Crippen molar-refractivity contribution in [1.82, 2.24) is 15.1 Å². The highest BCUT2D eigenvalue weighted by molar-refractivity contribution is 6.32. The second-order valence-electron chi connectivity index (χ2n) is 11.3. The van der Waals surface area contributed by atoms with Gasteiger partial charge in [-0.3, -0.25) is 15.0 Å². The van der Waals surface area contributed by atoms with Gasteiger partial charge in [0.15, 0.2) is 0 Å². The minimum absolute atomic E-state index is 0.0613. The third-order valence-electron chi connectivity index (χ3n) is 7.62. The molecule has 1 aliphatic carbocycles. The number of carbonyl (C=O) groups excluding carboxylic acids is 3. The van der Waals surface area contributed by atoms with E-state index in [-0.39, 0.29) is 25.4 Å². The number of urea groups is 1. The highest BCUT2D eigenvalue weighted by Gasteiger charge is 2.61. The minimum atomic E-state index is -1.45. The molecule has 11 nitrogen and oxygen atoms in total. The summed E-state index contributed by atoms with van der Waals surface area (Å²) < 4.78 is 16.1. The van der Waals surface area contributed by atoms with Gasteiger partial charge in [-0.05, 0) is 69.7 Å². The van der Waals surface area contributed by atoms with E-state index < -0.39 is 40.9 Å². The molecule has 1 saturated carbocycles. The molecular weight excluding hydrogens is 518 g/mol. The standard InChI is InChI=1S/C26H34ClN3O8/c1-15(14-37-23(35)38-24(2,3)4)12-29-13-16-10-18(27)19(36-5)11-17(16)25(29)6-8-26(9-7-25)20(31)28-21(32)30(26)22(33)34/h10-11,15H,6-9,12-14H2,1-5H3,(H,33,34)(H,28,31,32)/t15-,25?,26?/m1/s1. The summed E-state index contributed by atoms with van der Waals surface area (Å²) in [5.74, 6) is -0.125. The third kappa shape index (κ3) is 4.89. The molecule has 4 amide bonds. The monoisotopic (exact) mass is 551 g/mol. The number of hydrogen-bond donors (Lipinski definition) is 2. The first-order chi connectivity index (χ1) is 17.7. The maximum absolute atomic E-state index is 12.8. The topological polar surface area (TPSA) is 135 Å². The van der Waals surface area contributed by atoms with Crippen molar-refractivity contribution in [1.29, 1.82) is 0 Å². The largest absolute Gasteiger partial charge is 0.508 e. The van der Waals surface area contributed by atoms with Gasteiger partial charge in [0.05, 0.1) is 18.7 Å². The van der Waals surface area contributed by atoms with Crippen molar-refractivity contribution in [2.24, 2.45) is 5.92 Å². The smallest absolute Gasteiger partial charge is 0.495 e. The first-order valence-corrected chi connectivity index (χ1v) is 13.0. The van der Waals surface area contributed by atoms with E-state index in [0.29, 0.717) is 41.6 Å². The van der Waals surface area contributed by atoms with E-state index in [4.69, 9.17) is 25.8 Å². The molecule has 2 aliphatic heterocycles. The third-order valence-corrected chi connectivity index (χ3v) is 7.92. The van der Waals surface area contributed by atoms with Gasteiger partial charge in [0, 0.05) is 24.5 Å². The van der Waals surface area contributed by atoms with E-state index in [1.807, 2.05) is 19.1 Å². The molecule has 4 rings (SSSR count). The first kappa shape index (κ1) is 28.0. The Kier molecular flexibility index (Phi) is 7.30. The lowest BCUT2D eigenvalue weighted by atomic mass is 9.68. The van der Waals surface area contributed by atoms with Crippen LogP contribution in [0, 0.1) is 5.92 Å². The number of nitrogens with one attached hydrogen (secondary N) is 1. The van der Waals surface area contributed by atoms with Crippen molar-refractivity contribution >= 4 is 35.8 Å². The van der Waals surface area contributed by atoms with Crippen LogP contribution >= 0.6 is 11.6 Å². The van der Waals surface area contributed by atoms with E-state index >= 15 is 0 Å². The van der Waals surface area contributed by atoms with Gasteiger partial charge in [-0.1, -0.05) is 18.5 Å². The number of carboxylic acid groups (broad SMARTS) is 1. The van der Waals surface area contributed by atoms with Crippen LogP contribution < -0.4 is 10.1 Å². The summed E-state index contributed by atoms with van der Waals surface area (Å²) in [4.78, 5) is 52.0. The number of methoxy groups -OCH3 is 1. The summed E-state index contributed by atoms with van der Waals surface area (Å²) >= 11 is 6.44. The van der Waals surface area contributed by atoms with Gasteiger partial charge in [0.2, 0.25) is 0 Å². The van der Waals surface area contributed by atoms with E-state index in [0.717, 1.165) is 11.1 Å². The van der Waals surface area contributed by atoms with Crippen LogP contribution in [0.5, 0.6) is 5.75 Å². The number of hydrogen-bond acceptors (Lipinski definition) is 8. The molecule has 0 radical (unpaired) electrons. The maximum atomic E-state index is 12.8. The lowest BCUT2D eigenvalue weighted by Crippen LogP contribution is -2.58. The molecule has 12 heteroatoms. The van der Waals surface area contributed by atoms with Gasteiger partial charge in [-0.25, -0.2) is 19.3 Å². The van der Waals surface area contributed by atoms with E-state index in [1.165, 1.54) is 7.11 Å². The molecule has 0 aromatic heterocycles. The zero-order valence-electron chi connectivity index (χ0n) is 22.3. The SMILES string of the molecule is COc1cc2c(cc1Cl)CN(C[C@@H](C)COC(=O)OC(C)(C)C)C21CCC2(CC1)C(=O)NC(=O)N2C(=O)O. The van der Waals surface area contributed by atoms with Gasteiger partial charge in [0.25, 0.3) is 5.91 Å². The Labute approximate surface area is 226 Å². The lowest BCUT2D eigenvalue weighted by Gasteiger charge is -2.48. The fourth-order valence-corrected chi connectivity index (χ4v) is 6.21.